The molecule has 1 heterocycles. The Morgan fingerprint density at radius 1 is 1.42 bits per heavy atom. The summed E-state index contributed by atoms with van der Waals surface area (Å²) in [6.45, 7) is 1.37. The molecule has 5 N–H and O–H groups in total. The average molecular weight is 189 g/mol. The summed E-state index contributed by atoms with van der Waals surface area (Å²) in [6, 6.07) is 3.62. The maximum atomic E-state index is 5.39. The zero-order chi connectivity index (χ0) is 8.10. The summed E-state index contributed by atoms with van der Waals surface area (Å²) < 4.78 is 0. The molecule has 0 saturated heterocycles. The van der Waals surface area contributed by atoms with Crippen LogP contribution in [0.3, 0.4) is 0 Å². The van der Waals surface area contributed by atoms with Crippen molar-refractivity contribution in [3.8, 4) is 0 Å². The van der Waals surface area contributed by atoms with Gasteiger partial charge in [-0.15, -0.1) is 12.4 Å². The molecule has 1 aromatic rings. The summed E-state index contributed by atoms with van der Waals surface area (Å²) in [4.78, 5) is 3.91. The van der Waals surface area contributed by atoms with Crippen LogP contribution < -0.4 is 16.8 Å². The van der Waals surface area contributed by atoms with E-state index in [2.05, 4.69) is 10.3 Å². The van der Waals surface area contributed by atoms with Crippen LogP contribution in [0.4, 0.5) is 11.5 Å². The lowest BCUT2D eigenvalue weighted by atomic mass is 10.4. The number of nitrogens with one attached hydrogen (secondary N) is 1. The molecule has 0 aliphatic heterocycles. The van der Waals surface area contributed by atoms with Crippen LogP contribution in [0.2, 0.25) is 0 Å². The quantitative estimate of drug-likeness (QED) is 0.644. The highest BCUT2D eigenvalue weighted by molar-refractivity contribution is 5.85. The number of rotatable bonds is 3. The van der Waals surface area contributed by atoms with Crippen LogP contribution in [-0.4, -0.2) is 18.1 Å². The van der Waals surface area contributed by atoms with E-state index in [0.717, 1.165) is 12.2 Å². The van der Waals surface area contributed by atoms with Crippen molar-refractivity contribution in [1.29, 1.82) is 0 Å². The molecule has 0 unspecified atom stereocenters. The molecule has 0 aliphatic carbocycles. The molecule has 0 radical (unpaired) electrons. The molecule has 5 heteroatoms. The normalized spacial score (nSPS) is 8.75. The van der Waals surface area contributed by atoms with E-state index in [9.17, 15) is 0 Å². The Kier molecular flexibility index (Phi) is 5.16. The van der Waals surface area contributed by atoms with Crippen LogP contribution >= 0.6 is 12.4 Å². The number of pyridine rings is 1. The summed E-state index contributed by atoms with van der Waals surface area (Å²) in [5.41, 5.74) is 11.6. The third-order valence-electron chi connectivity index (χ3n) is 1.26. The standard InChI is InChI=1S/C7H12N4.ClH/c8-3-4-10-6-1-2-7(9)11-5-6;/h1-2,5,10H,3-4,8H2,(H2,9,11);1H. The van der Waals surface area contributed by atoms with Crippen molar-refractivity contribution >= 4 is 23.9 Å². The van der Waals surface area contributed by atoms with Crippen LogP contribution in [0.15, 0.2) is 18.3 Å². The molecule has 1 aromatic heterocycles. The van der Waals surface area contributed by atoms with Gasteiger partial charge in [-0.2, -0.15) is 0 Å². The van der Waals surface area contributed by atoms with Crippen molar-refractivity contribution in [1.82, 2.24) is 4.98 Å². The Hall–Kier alpha value is -1.00. The number of nitrogens with two attached hydrogens (primary N) is 2. The first kappa shape index (κ1) is 11.0. The zero-order valence-electron chi connectivity index (χ0n) is 6.66. The Bertz CT molecular complexity index is 211. The first-order valence-corrected chi connectivity index (χ1v) is 3.48. The third kappa shape index (κ3) is 3.41. The highest BCUT2D eigenvalue weighted by Gasteiger charge is 1.89. The van der Waals surface area contributed by atoms with Crippen molar-refractivity contribution in [2.75, 3.05) is 24.1 Å². The molecule has 0 spiro atoms. The van der Waals surface area contributed by atoms with Crippen molar-refractivity contribution < 1.29 is 0 Å². The van der Waals surface area contributed by atoms with Gasteiger partial charge >= 0.3 is 0 Å². The third-order valence-corrected chi connectivity index (χ3v) is 1.26. The van der Waals surface area contributed by atoms with Gasteiger partial charge in [-0.1, -0.05) is 0 Å². The van der Waals surface area contributed by atoms with Crippen molar-refractivity contribution in [3.63, 3.8) is 0 Å². The van der Waals surface area contributed by atoms with Gasteiger partial charge in [-0.05, 0) is 12.1 Å². The summed E-state index contributed by atoms with van der Waals surface area (Å²) >= 11 is 0. The lowest BCUT2D eigenvalue weighted by molar-refractivity contribution is 1.02. The number of nitrogens with zero attached hydrogens (tertiary/aromatic N) is 1. The minimum Gasteiger partial charge on any atom is -0.384 e. The molecule has 0 saturated carbocycles. The second-order valence-corrected chi connectivity index (χ2v) is 2.19. The van der Waals surface area contributed by atoms with Gasteiger partial charge in [-0.3, -0.25) is 0 Å². The van der Waals surface area contributed by atoms with E-state index in [1.54, 1.807) is 12.3 Å². The molecule has 0 bridgehead atoms. The first-order valence-electron chi connectivity index (χ1n) is 3.48. The van der Waals surface area contributed by atoms with Gasteiger partial charge in [-0.25, -0.2) is 4.98 Å². The van der Waals surface area contributed by atoms with Gasteiger partial charge < -0.3 is 16.8 Å². The number of anilines is 2. The smallest absolute Gasteiger partial charge is 0.123 e. The Morgan fingerprint density at radius 3 is 2.67 bits per heavy atom. The van der Waals surface area contributed by atoms with E-state index in [0.29, 0.717) is 12.4 Å². The minimum absolute atomic E-state index is 0. The van der Waals surface area contributed by atoms with Gasteiger partial charge in [0.25, 0.3) is 0 Å². The van der Waals surface area contributed by atoms with E-state index in [1.165, 1.54) is 0 Å². The van der Waals surface area contributed by atoms with Crippen LogP contribution in [0.1, 0.15) is 0 Å². The van der Waals surface area contributed by atoms with Crippen molar-refractivity contribution in [3.05, 3.63) is 18.3 Å². The molecular formula is C7H13ClN4. The fourth-order valence-corrected chi connectivity index (χ4v) is 0.726. The molecule has 68 valence electrons. The predicted molar refractivity (Wildman–Crippen MR) is 53.4 cm³/mol. The van der Waals surface area contributed by atoms with E-state index in [-0.39, 0.29) is 12.4 Å². The SMILES string of the molecule is Cl.NCCNc1ccc(N)nc1. The second kappa shape index (κ2) is 5.62. The summed E-state index contributed by atoms with van der Waals surface area (Å²) in [5.74, 6) is 0.531. The Morgan fingerprint density at radius 2 is 2.17 bits per heavy atom. The second-order valence-electron chi connectivity index (χ2n) is 2.19. The number of aromatic nitrogens is 1. The maximum Gasteiger partial charge on any atom is 0.123 e. The highest BCUT2D eigenvalue weighted by Crippen LogP contribution is 2.05. The summed E-state index contributed by atoms with van der Waals surface area (Å²) in [6.07, 6.45) is 1.69. The Balaban J connectivity index is 0.00000121. The average Bonchev–Trinajstić information content (AvgIpc) is 2.04. The highest BCUT2D eigenvalue weighted by atomic mass is 35.5. The van der Waals surface area contributed by atoms with Gasteiger partial charge in [0.1, 0.15) is 5.82 Å². The minimum atomic E-state index is 0. The van der Waals surface area contributed by atoms with Gasteiger partial charge in [0, 0.05) is 13.1 Å². The number of hydrogen-bond acceptors (Lipinski definition) is 4. The number of nitrogen functional groups attached to an aromatic ring is 1. The molecule has 12 heavy (non-hydrogen) atoms. The molecule has 1 rings (SSSR count). The predicted octanol–water partition coefficient (Wildman–Crippen LogP) is 0.456. The largest absolute Gasteiger partial charge is 0.384 e. The lowest BCUT2D eigenvalue weighted by Crippen LogP contribution is -2.13. The van der Waals surface area contributed by atoms with E-state index < -0.39 is 0 Å². The van der Waals surface area contributed by atoms with E-state index in [1.807, 2.05) is 6.07 Å². The monoisotopic (exact) mass is 188 g/mol. The van der Waals surface area contributed by atoms with Crippen molar-refractivity contribution in [2.45, 2.75) is 0 Å². The number of hydrogen-bond donors (Lipinski definition) is 3. The van der Waals surface area contributed by atoms with Crippen LogP contribution in [0, 0.1) is 0 Å². The topological polar surface area (TPSA) is 77.0 Å². The van der Waals surface area contributed by atoms with Gasteiger partial charge in [0.2, 0.25) is 0 Å². The van der Waals surface area contributed by atoms with Crippen LogP contribution in [0.25, 0.3) is 0 Å². The van der Waals surface area contributed by atoms with E-state index >= 15 is 0 Å². The van der Waals surface area contributed by atoms with Gasteiger partial charge in [0.15, 0.2) is 0 Å². The molecule has 0 aromatic carbocycles. The molecule has 4 nitrogen and oxygen atoms in total. The Labute approximate surface area is 77.8 Å². The first-order chi connectivity index (χ1) is 5.33. The summed E-state index contributed by atoms with van der Waals surface area (Å²) in [7, 11) is 0. The zero-order valence-corrected chi connectivity index (χ0v) is 7.47. The molecule has 0 atom stereocenters. The summed E-state index contributed by atoms with van der Waals surface area (Å²) in [5, 5.41) is 3.08. The van der Waals surface area contributed by atoms with Crippen LogP contribution in [-0.2, 0) is 0 Å². The molecule has 0 aliphatic rings. The molecular weight excluding hydrogens is 176 g/mol. The molecule has 0 fully saturated rings. The fraction of sp³-hybridized carbons (Fsp3) is 0.286. The fourth-order valence-electron chi connectivity index (χ4n) is 0.726. The van der Waals surface area contributed by atoms with Crippen LogP contribution in [0.5, 0.6) is 0 Å². The molecule has 0 amide bonds. The number of halogens is 1. The lowest BCUT2D eigenvalue weighted by Gasteiger charge is -2.02. The van der Waals surface area contributed by atoms with E-state index in [4.69, 9.17) is 11.5 Å². The van der Waals surface area contributed by atoms with Gasteiger partial charge in [0.05, 0.1) is 11.9 Å². The van der Waals surface area contributed by atoms with Crippen molar-refractivity contribution in [2.24, 2.45) is 5.73 Å². The maximum absolute atomic E-state index is 5.39.